The molecule has 0 radical (unpaired) electrons. The van der Waals surface area contributed by atoms with Crippen LogP contribution in [0, 0.1) is 13.8 Å². The van der Waals surface area contributed by atoms with Crippen LogP contribution in [0.5, 0.6) is 0 Å². The van der Waals surface area contributed by atoms with Crippen molar-refractivity contribution in [2.24, 2.45) is 0 Å². The Balaban J connectivity index is 1.44. The molecule has 0 aliphatic carbocycles. The van der Waals surface area contributed by atoms with E-state index < -0.39 is 0 Å². The molecule has 0 spiro atoms. The third kappa shape index (κ3) is 5.60. The molecule has 1 fully saturated rings. The molecule has 2 aromatic heterocycles. The van der Waals surface area contributed by atoms with Gasteiger partial charge in [-0.05, 0) is 91.8 Å². The lowest BCUT2D eigenvalue weighted by Gasteiger charge is -2.29. The number of aryl methyl sites for hydroxylation is 2. The number of methoxy groups -OCH3 is 1. The summed E-state index contributed by atoms with van der Waals surface area (Å²) in [5.74, 6) is -0.463. The van der Waals surface area contributed by atoms with E-state index in [2.05, 4.69) is 25.1 Å². The highest BCUT2D eigenvalue weighted by Gasteiger charge is 2.41. The maximum Gasteiger partial charge on any atom is 0.337 e. The zero-order valence-corrected chi connectivity index (χ0v) is 23.4. The zero-order valence-electron chi connectivity index (χ0n) is 22.6. The Morgan fingerprint density at radius 2 is 1.85 bits per heavy atom. The summed E-state index contributed by atoms with van der Waals surface area (Å²) in [7, 11) is 1.37. The molecule has 2 N–H and O–H groups in total. The normalized spacial score (nSPS) is 16.5. The minimum Gasteiger partial charge on any atom is -0.465 e. The number of carbonyl (C=O) groups excluding carboxylic acids is 2. The first-order valence-corrected chi connectivity index (χ1v) is 13.5. The van der Waals surface area contributed by atoms with Crippen LogP contribution in [0.2, 0.25) is 0 Å². The average molecular weight is 554 g/mol. The van der Waals surface area contributed by atoms with Gasteiger partial charge >= 0.3 is 5.97 Å². The van der Waals surface area contributed by atoms with Crippen LogP contribution in [0.1, 0.15) is 51.4 Å². The van der Waals surface area contributed by atoms with Gasteiger partial charge in [-0.3, -0.25) is 9.78 Å². The minimum atomic E-state index is -0.384. The molecule has 3 heterocycles. The van der Waals surface area contributed by atoms with E-state index in [1.54, 1.807) is 18.3 Å². The molecule has 204 valence electrons. The summed E-state index contributed by atoms with van der Waals surface area (Å²) in [6.07, 6.45) is 4.00. The van der Waals surface area contributed by atoms with Crippen molar-refractivity contribution < 1.29 is 14.3 Å². The number of carbonyl (C=O) groups is 2. The summed E-state index contributed by atoms with van der Waals surface area (Å²) >= 11 is 5.80. The summed E-state index contributed by atoms with van der Waals surface area (Å²) in [4.78, 5) is 31.6. The van der Waals surface area contributed by atoms with E-state index >= 15 is 0 Å². The van der Waals surface area contributed by atoms with E-state index in [1.807, 2.05) is 80.7 Å². The summed E-state index contributed by atoms with van der Waals surface area (Å²) in [6.45, 7) is 4.40. The van der Waals surface area contributed by atoms with Crippen LogP contribution in [0.15, 0.2) is 85.2 Å². The molecule has 1 aliphatic rings. The first-order chi connectivity index (χ1) is 19.4. The van der Waals surface area contributed by atoms with Crippen molar-refractivity contribution in [1.29, 1.82) is 0 Å². The van der Waals surface area contributed by atoms with E-state index in [1.165, 1.54) is 7.11 Å². The summed E-state index contributed by atoms with van der Waals surface area (Å²) in [5.41, 5.74) is 6.12. The topological polar surface area (TPSA) is 88.5 Å². The van der Waals surface area contributed by atoms with Gasteiger partial charge in [-0.1, -0.05) is 18.2 Å². The lowest BCUT2D eigenvalue weighted by molar-refractivity contribution is -0.116. The molecule has 0 bridgehead atoms. The van der Waals surface area contributed by atoms with Crippen LogP contribution < -0.4 is 10.6 Å². The average Bonchev–Trinajstić information content (AvgIpc) is 3.58. The number of rotatable bonds is 8. The highest BCUT2D eigenvalue weighted by molar-refractivity contribution is 7.80. The van der Waals surface area contributed by atoms with Gasteiger partial charge in [-0.2, -0.15) is 0 Å². The van der Waals surface area contributed by atoms with E-state index in [4.69, 9.17) is 17.0 Å². The van der Waals surface area contributed by atoms with Crippen LogP contribution in [0.3, 0.4) is 0 Å². The van der Waals surface area contributed by atoms with E-state index in [-0.39, 0.29) is 30.4 Å². The van der Waals surface area contributed by atoms with E-state index in [0.29, 0.717) is 17.2 Å². The van der Waals surface area contributed by atoms with Gasteiger partial charge in [0.1, 0.15) is 0 Å². The van der Waals surface area contributed by atoms with Crippen LogP contribution in [-0.2, 0) is 9.53 Å². The van der Waals surface area contributed by atoms with Crippen molar-refractivity contribution in [3.8, 4) is 5.69 Å². The van der Waals surface area contributed by atoms with Crippen molar-refractivity contribution in [2.75, 3.05) is 19.0 Å². The molecule has 4 aromatic rings. The number of ether oxygens (including phenoxy) is 1. The smallest absolute Gasteiger partial charge is 0.337 e. The molecule has 5 rings (SSSR count). The highest BCUT2D eigenvalue weighted by atomic mass is 32.1. The Bertz CT molecular complexity index is 1530. The molecule has 0 saturated carbocycles. The number of benzene rings is 2. The Hall–Kier alpha value is -4.50. The van der Waals surface area contributed by atoms with Gasteiger partial charge in [-0.15, -0.1) is 0 Å². The Morgan fingerprint density at radius 3 is 2.58 bits per heavy atom. The van der Waals surface area contributed by atoms with Crippen molar-refractivity contribution in [3.63, 3.8) is 0 Å². The predicted molar refractivity (Wildman–Crippen MR) is 158 cm³/mol. The maximum atomic E-state index is 13.0. The van der Waals surface area contributed by atoms with E-state index in [0.717, 1.165) is 33.9 Å². The second-order valence-electron chi connectivity index (χ2n) is 9.78. The summed E-state index contributed by atoms with van der Waals surface area (Å²) in [5, 5.41) is 7.07. The first-order valence-electron chi connectivity index (χ1n) is 13.1. The van der Waals surface area contributed by atoms with Gasteiger partial charge < -0.3 is 24.8 Å². The molecular formula is C31H31N5O3S. The molecular weight excluding hydrogens is 522 g/mol. The number of anilines is 1. The molecule has 40 heavy (non-hydrogen) atoms. The molecule has 2 aromatic carbocycles. The van der Waals surface area contributed by atoms with Crippen molar-refractivity contribution >= 4 is 34.9 Å². The third-order valence-corrected chi connectivity index (χ3v) is 7.45. The van der Waals surface area contributed by atoms with Gasteiger partial charge in [0.05, 0.1) is 30.5 Å². The highest BCUT2D eigenvalue weighted by Crippen LogP contribution is 2.39. The minimum absolute atomic E-state index is 0.0784. The van der Waals surface area contributed by atoms with Gasteiger partial charge in [0.15, 0.2) is 5.11 Å². The van der Waals surface area contributed by atoms with Crippen molar-refractivity contribution in [3.05, 3.63) is 113 Å². The zero-order chi connectivity index (χ0) is 28.2. The predicted octanol–water partition coefficient (Wildman–Crippen LogP) is 5.28. The molecule has 1 saturated heterocycles. The van der Waals surface area contributed by atoms with Crippen LogP contribution in [0.25, 0.3) is 5.69 Å². The largest absolute Gasteiger partial charge is 0.465 e. The molecule has 0 unspecified atom stereocenters. The van der Waals surface area contributed by atoms with Gasteiger partial charge in [0.25, 0.3) is 0 Å². The number of esters is 1. The number of hydrogen-bond donors (Lipinski definition) is 2. The molecule has 1 aliphatic heterocycles. The lowest BCUT2D eigenvalue weighted by atomic mass is 10.0. The first kappa shape index (κ1) is 27.1. The van der Waals surface area contributed by atoms with Crippen molar-refractivity contribution in [2.45, 2.75) is 32.4 Å². The number of amides is 1. The molecule has 1 amide bonds. The van der Waals surface area contributed by atoms with Crippen molar-refractivity contribution in [1.82, 2.24) is 19.8 Å². The van der Waals surface area contributed by atoms with E-state index in [9.17, 15) is 9.59 Å². The second kappa shape index (κ2) is 11.7. The Morgan fingerprint density at radius 1 is 1.05 bits per heavy atom. The maximum absolute atomic E-state index is 13.0. The second-order valence-corrected chi connectivity index (χ2v) is 10.2. The van der Waals surface area contributed by atoms with Crippen LogP contribution >= 0.6 is 12.2 Å². The fraction of sp³-hybridized carbons (Fsp3) is 0.226. The SMILES string of the molecule is COC(=O)c1ccc(-n2cccc2[C@H]2[C@H](c3ccccn3)NC(=S)N2CCC(=O)Nc2cc(C)ccc2C)cc1. The number of thiocarbonyl (C=S) groups is 1. The number of nitrogens with one attached hydrogen (secondary N) is 2. The van der Waals surface area contributed by atoms with Crippen LogP contribution in [-0.4, -0.2) is 45.1 Å². The number of nitrogens with zero attached hydrogens (tertiary/aromatic N) is 3. The molecule has 2 atom stereocenters. The van der Waals surface area contributed by atoms with Gasteiger partial charge in [0, 0.05) is 42.4 Å². The Kier molecular flexibility index (Phi) is 7.93. The summed E-state index contributed by atoms with van der Waals surface area (Å²) in [6, 6.07) is 22.6. The standard InChI is InChI=1S/C31H31N5O3S/c1-20-9-10-21(2)25(19-20)33-27(37)15-18-36-29(28(34-31(36)40)24-7-4-5-16-32-24)26-8-6-17-35(26)23-13-11-22(12-14-23)30(38)39-3/h4-14,16-17,19,28-29H,15,18H2,1-3H3,(H,33,37)(H,34,40)/t28-,29-/m0/s1. The fourth-order valence-corrected chi connectivity index (χ4v) is 5.35. The quantitative estimate of drug-likeness (QED) is 0.227. The monoisotopic (exact) mass is 553 g/mol. The summed E-state index contributed by atoms with van der Waals surface area (Å²) < 4.78 is 6.91. The van der Waals surface area contributed by atoms with Gasteiger partial charge in [0.2, 0.25) is 5.91 Å². The lowest BCUT2D eigenvalue weighted by Crippen LogP contribution is -2.33. The number of pyridine rings is 1. The van der Waals surface area contributed by atoms with Gasteiger partial charge in [-0.25, -0.2) is 4.79 Å². The Labute approximate surface area is 239 Å². The molecule has 9 heteroatoms. The van der Waals surface area contributed by atoms with Crippen LogP contribution in [0.4, 0.5) is 5.69 Å². The third-order valence-electron chi connectivity index (χ3n) is 7.09. The number of aromatic nitrogens is 2. The fourth-order valence-electron chi connectivity index (χ4n) is 5.02. The number of hydrogen-bond acceptors (Lipinski definition) is 5. The molecule has 8 nitrogen and oxygen atoms in total.